The Kier molecular flexibility index (Phi) is 5.47. The van der Waals surface area contributed by atoms with Gasteiger partial charge in [0.25, 0.3) is 11.8 Å². The second kappa shape index (κ2) is 8.36. The second-order valence-electron chi connectivity index (χ2n) is 6.67. The van der Waals surface area contributed by atoms with Crippen molar-refractivity contribution in [3.8, 4) is 0 Å². The van der Waals surface area contributed by atoms with Gasteiger partial charge in [-0.3, -0.25) is 9.59 Å². The third kappa shape index (κ3) is 3.41. The van der Waals surface area contributed by atoms with Crippen molar-refractivity contribution in [3.05, 3.63) is 60.7 Å². The van der Waals surface area contributed by atoms with Crippen LogP contribution in [0.2, 0.25) is 0 Å². The average Bonchev–Trinajstić information content (AvgIpc) is 3.26. The minimum atomic E-state index is -0.948. The molecule has 0 aliphatic carbocycles. The van der Waals surface area contributed by atoms with E-state index in [0.29, 0.717) is 24.6 Å². The number of ether oxygens (including phenoxy) is 2. The molecule has 2 atom stereocenters. The summed E-state index contributed by atoms with van der Waals surface area (Å²) in [6.07, 6.45) is 0. The monoisotopic (exact) mass is 406 g/mol. The first-order valence-corrected chi connectivity index (χ1v) is 9.86. The van der Waals surface area contributed by atoms with Gasteiger partial charge in [0, 0.05) is 0 Å². The molecule has 154 valence electrons. The van der Waals surface area contributed by atoms with E-state index in [4.69, 9.17) is 9.47 Å². The molecule has 0 saturated carbocycles. The van der Waals surface area contributed by atoms with Crippen molar-refractivity contribution >= 4 is 35.0 Å². The summed E-state index contributed by atoms with van der Waals surface area (Å²) in [6, 6.07) is 18.1. The highest BCUT2D eigenvalue weighted by molar-refractivity contribution is 6.23. The Morgan fingerprint density at radius 2 is 1.07 bits per heavy atom. The molecule has 2 aliphatic rings. The molecule has 30 heavy (non-hydrogen) atoms. The molecule has 2 unspecified atom stereocenters. The number of rotatable bonds is 5. The van der Waals surface area contributed by atoms with E-state index >= 15 is 0 Å². The van der Waals surface area contributed by atoms with Gasteiger partial charge in [-0.15, -0.1) is 10.2 Å². The summed E-state index contributed by atoms with van der Waals surface area (Å²) < 4.78 is 11.3. The maximum Gasteiger partial charge on any atom is 0.261 e. The summed E-state index contributed by atoms with van der Waals surface area (Å²) in [6.45, 7) is 4.24. The van der Waals surface area contributed by atoms with Crippen LogP contribution < -0.4 is 10.0 Å². The molecule has 0 N–H and O–H groups in total. The number of hydrazone groups is 2. The van der Waals surface area contributed by atoms with Gasteiger partial charge in [-0.1, -0.05) is 36.4 Å². The first-order chi connectivity index (χ1) is 14.7. The highest BCUT2D eigenvalue weighted by atomic mass is 16.5. The fourth-order valence-electron chi connectivity index (χ4n) is 3.51. The molecule has 0 aromatic heterocycles. The predicted molar refractivity (Wildman–Crippen MR) is 113 cm³/mol. The molecule has 2 aromatic rings. The van der Waals surface area contributed by atoms with Crippen molar-refractivity contribution < 1.29 is 19.1 Å². The highest BCUT2D eigenvalue weighted by Gasteiger charge is 2.53. The SMILES string of the molecule is CCOC1=NN(c2ccccc2)C(=O)C1C1C(=O)N(c2ccccc2)N=C1OCC. The van der Waals surface area contributed by atoms with Crippen LogP contribution in [0.3, 0.4) is 0 Å². The molecule has 2 amide bonds. The third-order valence-electron chi connectivity index (χ3n) is 4.80. The number of nitrogens with zero attached hydrogens (tertiary/aromatic N) is 4. The van der Waals surface area contributed by atoms with Gasteiger partial charge in [-0.05, 0) is 38.1 Å². The second-order valence-corrected chi connectivity index (χ2v) is 6.67. The normalized spacial score (nSPS) is 21.0. The molecular formula is C22H22N4O4. The van der Waals surface area contributed by atoms with Crippen molar-refractivity contribution in [2.45, 2.75) is 13.8 Å². The van der Waals surface area contributed by atoms with E-state index in [2.05, 4.69) is 10.2 Å². The molecule has 8 heteroatoms. The van der Waals surface area contributed by atoms with Gasteiger partial charge < -0.3 is 9.47 Å². The number of carbonyl (C=O) groups is 2. The first-order valence-electron chi connectivity index (χ1n) is 9.86. The largest absolute Gasteiger partial charge is 0.479 e. The van der Waals surface area contributed by atoms with Crippen LogP contribution in [0.25, 0.3) is 0 Å². The summed E-state index contributed by atoms with van der Waals surface area (Å²) in [5, 5.41) is 11.3. The van der Waals surface area contributed by atoms with Crippen molar-refractivity contribution in [1.82, 2.24) is 0 Å². The van der Waals surface area contributed by atoms with Crippen LogP contribution in [0, 0.1) is 11.8 Å². The Balaban J connectivity index is 1.71. The minimum Gasteiger partial charge on any atom is -0.479 e. The van der Waals surface area contributed by atoms with E-state index in [1.807, 2.05) is 36.4 Å². The van der Waals surface area contributed by atoms with Crippen molar-refractivity contribution in [1.29, 1.82) is 0 Å². The Bertz CT molecular complexity index is 909. The van der Waals surface area contributed by atoms with Crippen molar-refractivity contribution in [3.63, 3.8) is 0 Å². The van der Waals surface area contributed by atoms with Crippen LogP contribution in [-0.2, 0) is 19.1 Å². The van der Waals surface area contributed by atoms with E-state index in [1.54, 1.807) is 38.1 Å². The minimum absolute atomic E-state index is 0.187. The Morgan fingerprint density at radius 1 is 0.700 bits per heavy atom. The maximum atomic E-state index is 13.4. The molecular weight excluding hydrogens is 384 g/mol. The molecule has 0 spiro atoms. The summed E-state index contributed by atoms with van der Waals surface area (Å²) in [5.41, 5.74) is 1.20. The van der Waals surface area contributed by atoms with Crippen LogP contribution in [0.15, 0.2) is 70.9 Å². The number of para-hydroxylation sites is 2. The lowest BCUT2D eigenvalue weighted by molar-refractivity contribution is -0.127. The molecule has 0 fully saturated rings. The summed E-state index contributed by atoms with van der Waals surface area (Å²) in [4.78, 5) is 26.7. The fourth-order valence-corrected chi connectivity index (χ4v) is 3.51. The van der Waals surface area contributed by atoms with Gasteiger partial charge >= 0.3 is 0 Å². The topological polar surface area (TPSA) is 83.8 Å². The lowest BCUT2D eigenvalue weighted by Gasteiger charge is -2.20. The van der Waals surface area contributed by atoms with Gasteiger partial charge in [0.2, 0.25) is 11.8 Å². The van der Waals surface area contributed by atoms with Gasteiger partial charge in [-0.25, -0.2) is 0 Å². The highest BCUT2D eigenvalue weighted by Crippen LogP contribution is 2.35. The van der Waals surface area contributed by atoms with Crippen LogP contribution in [0.1, 0.15) is 13.8 Å². The number of anilines is 2. The molecule has 8 nitrogen and oxygen atoms in total. The number of hydrogen-bond acceptors (Lipinski definition) is 6. The fraction of sp³-hybridized carbons (Fsp3) is 0.273. The Hall–Kier alpha value is -3.68. The zero-order valence-corrected chi connectivity index (χ0v) is 16.8. The van der Waals surface area contributed by atoms with Crippen LogP contribution in [0.5, 0.6) is 0 Å². The third-order valence-corrected chi connectivity index (χ3v) is 4.80. The maximum absolute atomic E-state index is 13.4. The van der Waals surface area contributed by atoms with Gasteiger partial charge in [0.15, 0.2) is 0 Å². The Labute approximate surface area is 174 Å². The first kappa shape index (κ1) is 19.6. The standard InChI is InChI=1S/C22H22N4O4/c1-3-29-19-17(21(27)25(23-19)15-11-7-5-8-12-15)18-20(30-4-2)24-26(22(18)28)16-13-9-6-10-14-16/h5-14,17-18H,3-4H2,1-2H3. The summed E-state index contributed by atoms with van der Waals surface area (Å²) in [7, 11) is 0. The number of hydrogen-bond donors (Lipinski definition) is 0. The van der Waals surface area contributed by atoms with E-state index in [0.717, 1.165) is 0 Å². The van der Waals surface area contributed by atoms with Gasteiger partial charge in [-0.2, -0.15) is 10.0 Å². The van der Waals surface area contributed by atoms with E-state index < -0.39 is 11.8 Å². The lowest BCUT2D eigenvalue weighted by atomic mass is 9.90. The predicted octanol–water partition coefficient (Wildman–Crippen LogP) is 3.01. The molecule has 0 radical (unpaired) electrons. The van der Waals surface area contributed by atoms with Crippen molar-refractivity contribution in [2.75, 3.05) is 23.2 Å². The smallest absolute Gasteiger partial charge is 0.261 e. The van der Waals surface area contributed by atoms with Crippen LogP contribution in [-0.4, -0.2) is 36.8 Å². The van der Waals surface area contributed by atoms with Crippen LogP contribution in [0.4, 0.5) is 11.4 Å². The zero-order valence-electron chi connectivity index (χ0n) is 16.8. The molecule has 4 rings (SSSR count). The zero-order chi connectivity index (χ0) is 21.1. The number of amides is 2. The van der Waals surface area contributed by atoms with Gasteiger partial charge in [0.05, 0.1) is 24.6 Å². The van der Waals surface area contributed by atoms with E-state index in [-0.39, 0.29) is 23.6 Å². The lowest BCUT2D eigenvalue weighted by Crippen LogP contribution is -2.42. The molecule has 0 bridgehead atoms. The quantitative estimate of drug-likeness (QED) is 0.764. The number of carbonyl (C=O) groups excluding carboxylic acids is 2. The van der Waals surface area contributed by atoms with Gasteiger partial charge in [0.1, 0.15) is 11.8 Å². The van der Waals surface area contributed by atoms with Crippen molar-refractivity contribution in [2.24, 2.45) is 22.0 Å². The van der Waals surface area contributed by atoms with E-state index in [9.17, 15) is 9.59 Å². The molecule has 0 saturated heterocycles. The molecule has 2 heterocycles. The molecule has 2 aliphatic heterocycles. The number of benzene rings is 2. The summed E-state index contributed by atoms with van der Waals surface area (Å²) in [5.74, 6) is -2.23. The average molecular weight is 406 g/mol. The summed E-state index contributed by atoms with van der Waals surface area (Å²) >= 11 is 0. The van der Waals surface area contributed by atoms with Crippen LogP contribution >= 0.6 is 0 Å². The molecule has 2 aromatic carbocycles. The Morgan fingerprint density at radius 3 is 1.40 bits per heavy atom. The van der Waals surface area contributed by atoms with E-state index in [1.165, 1.54) is 10.0 Å².